The molecule has 1 unspecified atom stereocenters. The van der Waals surface area contributed by atoms with Crippen molar-refractivity contribution < 1.29 is 23.9 Å². The summed E-state index contributed by atoms with van der Waals surface area (Å²) >= 11 is 0. The van der Waals surface area contributed by atoms with E-state index in [9.17, 15) is 19.5 Å². The molecule has 0 amide bonds. The Hall–Kier alpha value is -0.450. The molecule has 0 aromatic carbocycles. The Morgan fingerprint density at radius 1 is 0.733 bits per heavy atom. The lowest BCUT2D eigenvalue weighted by Crippen LogP contribution is -2.49. The third-order valence-electron chi connectivity index (χ3n) is 5.28. The molecular weight excluding hydrogens is 397 g/mol. The van der Waals surface area contributed by atoms with E-state index in [1.165, 1.54) is 57.8 Å². The van der Waals surface area contributed by atoms with Crippen LogP contribution in [-0.4, -0.2) is 52.4 Å². The lowest BCUT2D eigenvalue weighted by Gasteiger charge is -2.35. The highest BCUT2D eigenvalue weighted by Gasteiger charge is 2.48. The average Bonchev–Trinajstić information content (AvgIpc) is 2.62. The highest BCUT2D eigenvalue weighted by atomic mass is 31.2. The minimum atomic E-state index is -4.58. The molecule has 6 heteroatoms. The van der Waals surface area contributed by atoms with Crippen molar-refractivity contribution in [3.8, 4) is 0 Å². The third-order valence-corrected chi connectivity index (χ3v) is 6.73. The van der Waals surface area contributed by atoms with Gasteiger partial charge in [-0.2, -0.15) is 0 Å². The Kier molecular flexibility index (Phi) is 16.0. The molecule has 0 radical (unpaired) electrons. The van der Waals surface area contributed by atoms with Gasteiger partial charge in [0, 0.05) is 0 Å². The highest BCUT2D eigenvalue weighted by molar-refractivity contribution is 7.53. The van der Waals surface area contributed by atoms with Crippen molar-refractivity contribution in [1.29, 1.82) is 0 Å². The minimum Gasteiger partial charge on any atom is -0.373 e. The summed E-state index contributed by atoms with van der Waals surface area (Å²) < 4.78 is 12.0. The number of hydrogen-bond acceptors (Lipinski definition) is 2. The molecular formula is C24H49NO4P+. The first-order valence-electron chi connectivity index (χ1n) is 11.9. The number of unbranched alkanes of at least 4 members (excludes halogenated alkanes) is 10. The van der Waals surface area contributed by atoms with Crippen LogP contribution in [0.4, 0.5) is 0 Å². The molecule has 0 saturated heterocycles. The second kappa shape index (κ2) is 16.2. The number of likely N-dealkylation sites (N-methyl/N-ethyl adjacent to an activating group) is 1. The Balaban J connectivity index is 3.80. The second-order valence-corrected chi connectivity index (χ2v) is 11.6. The van der Waals surface area contributed by atoms with Gasteiger partial charge in [-0.3, -0.25) is 4.57 Å². The zero-order valence-corrected chi connectivity index (χ0v) is 21.0. The first kappa shape index (κ1) is 29.5. The number of quaternary nitrogens is 1. The molecule has 0 aromatic heterocycles. The van der Waals surface area contributed by atoms with Gasteiger partial charge in [0.25, 0.3) is 0 Å². The van der Waals surface area contributed by atoms with Gasteiger partial charge in [0.2, 0.25) is 5.34 Å². The summed E-state index contributed by atoms with van der Waals surface area (Å²) in [5.41, 5.74) is 0. The minimum absolute atomic E-state index is 0.0253. The van der Waals surface area contributed by atoms with Crippen LogP contribution in [-0.2, 0) is 4.57 Å². The fourth-order valence-corrected chi connectivity index (χ4v) is 4.63. The maximum Gasteiger partial charge on any atom is 0.362 e. The molecule has 0 saturated carbocycles. The fourth-order valence-electron chi connectivity index (χ4n) is 3.61. The topological polar surface area (TPSA) is 77.8 Å². The first-order valence-corrected chi connectivity index (χ1v) is 13.5. The molecule has 30 heavy (non-hydrogen) atoms. The Bertz CT molecular complexity index is 522. The molecule has 0 aliphatic carbocycles. The molecule has 0 spiro atoms. The SMILES string of the molecule is CCCCCCCC/C=C\CCCCC/C=C\CCC(O)(C[N+](C)(C)C)P(=O)(O)O. The molecule has 5 nitrogen and oxygen atoms in total. The summed E-state index contributed by atoms with van der Waals surface area (Å²) in [6, 6.07) is 0. The van der Waals surface area contributed by atoms with Gasteiger partial charge < -0.3 is 19.4 Å². The predicted octanol–water partition coefficient (Wildman–Crippen LogP) is 6.15. The van der Waals surface area contributed by atoms with E-state index in [-0.39, 0.29) is 13.0 Å². The molecule has 0 fully saturated rings. The number of hydrogen-bond donors (Lipinski definition) is 3. The molecule has 0 aliphatic rings. The van der Waals surface area contributed by atoms with E-state index >= 15 is 0 Å². The van der Waals surface area contributed by atoms with Gasteiger partial charge in [0.15, 0.2) is 0 Å². The summed E-state index contributed by atoms with van der Waals surface area (Å²) in [5, 5.41) is 8.53. The van der Waals surface area contributed by atoms with Crippen LogP contribution in [0.3, 0.4) is 0 Å². The van der Waals surface area contributed by atoms with Crippen LogP contribution < -0.4 is 0 Å². The summed E-state index contributed by atoms with van der Waals surface area (Å²) in [4.78, 5) is 19.1. The van der Waals surface area contributed by atoms with Crippen molar-refractivity contribution in [3.05, 3.63) is 24.3 Å². The lowest BCUT2D eigenvalue weighted by molar-refractivity contribution is -0.875. The van der Waals surface area contributed by atoms with Crippen LogP contribution >= 0.6 is 7.60 Å². The van der Waals surface area contributed by atoms with Crippen LogP contribution in [0.25, 0.3) is 0 Å². The van der Waals surface area contributed by atoms with E-state index in [4.69, 9.17) is 0 Å². The molecule has 0 heterocycles. The lowest BCUT2D eigenvalue weighted by atomic mass is 10.1. The van der Waals surface area contributed by atoms with E-state index in [1.807, 2.05) is 27.2 Å². The number of aliphatic hydroxyl groups is 1. The van der Waals surface area contributed by atoms with Crippen molar-refractivity contribution in [2.75, 3.05) is 27.7 Å². The number of allylic oxidation sites excluding steroid dienone is 4. The van der Waals surface area contributed by atoms with Crippen LogP contribution in [0.5, 0.6) is 0 Å². The summed E-state index contributed by atoms with van der Waals surface area (Å²) in [6.07, 6.45) is 24.2. The van der Waals surface area contributed by atoms with Crippen molar-refractivity contribution in [2.24, 2.45) is 0 Å². The van der Waals surface area contributed by atoms with Crippen molar-refractivity contribution in [3.63, 3.8) is 0 Å². The molecule has 1 atom stereocenters. The summed E-state index contributed by atoms with van der Waals surface area (Å²) in [7, 11) is 0.883. The van der Waals surface area contributed by atoms with E-state index in [0.717, 1.165) is 19.3 Å². The van der Waals surface area contributed by atoms with E-state index < -0.39 is 12.9 Å². The average molecular weight is 447 g/mol. The van der Waals surface area contributed by atoms with Gasteiger partial charge >= 0.3 is 7.60 Å². The number of nitrogens with zero attached hydrogens (tertiary/aromatic N) is 1. The highest BCUT2D eigenvalue weighted by Crippen LogP contribution is 2.52. The normalized spacial score (nSPS) is 15.3. The second-order valence-electron chi connectivity index (χ2n) is 9.65. The molecule has 0 aliphatic heterocycles. The molecule has 0 rings (SSSR count). The third kappa shape index (κ3) is 16.3. The van der Waals surface area contributed by atoms with Crippen LogP contribution in [0.1, 0.15) is 96.8 Å². The van der Waals surface area contributed by atoms with Gasteiger partial charge in [0.05, 0.1) is 21.1 Å². The van der Waals surface area contributed by atoms with Gasteiger partial charge in [-0.15, -0.1) is 0 Å². The Labute approximate surface area is 186 Å². The maximum atomic E-state index is 11.7. The predicted molar refractivity (Wildman–Crippen MR) is 128 cm³/mol. The largest absolute Gasteiger partial charge is 0.373 e. The standard InChI is InChI=1S/C24H48NO4P/c1-5-6-7-8-9-10-11-12-13-14-15-16-17-18-19-20-21-22-24(26,30(27,28)29)23-25(2,3)4/h12-13,19-20,26H,5-11,14-18,21-23H2,1-4H3,(H-,27,28,29)/p+1/b13-12-,20-19-. The van der Waals surface area contributed by atoms with Crippen molar-refractivity contribution in [2.45, 2.75) is 102 Å². The van der Waals surface area contributed by atoms with Crippen LogP contribution in [0, 0.1) is 0 Å². The fraction of sp³-hybridized carbons (Fsp3) is 0.833. The van der Waals surface area contributed by atoms with Gasteiger partial charge in [-0.05, 0) is 51.4 Å². The summed E-state index contributed by atoms with van der Waals surface area (Å²) in [5.74, 6) is 0. The molecule has 178 valence electrons. The quantitative estimate of drug-likeness (QED) is 0.0962. The monoisotopic (exact) mass is 446 g/mol. The van der Waals surface area contributed by atoms with Crippen LogP contribution in [0.2, 0.25) is 0 Å². The summed E-state index contributed by atoms with van der Waals surface area (Å²) in [6.45, 7) is 2.28. The van der Waals surface area contributed by atoms with E-state index in [0.29, 0.717) is 10.9 Å². The molecule has 0 aromatic rings. The van der Waals surface area contributed by atoms with E-state index in [1.54, 1.807) is 0 Å². The first-order chi connectivity index (χ1) is 14.0. The maximum absolute atomic E-state index is 11.7. The van der Waals surface area contributed by atoms with E-state index in [2.05, 4.69) is 25.2 Å². The van der Waals surface area contributed by atoms with Gasteiger partial charge in [0.1, 0.15) is 6.54 Å². The smallest absolute Gasteiger partial charge is 0.362 e. The molecule has 0 bridgehead atoms. The number of rotatable bonds is 19. The van der Waals surface area contributed by atoms with Crippen molar-refractivity contribution >= 4 is 7.60 Å². The zero-order chi connectivity index (χ0) is 22.9. The van der Waals surface area contributed by atoms with Crippen molar-refractivity contribution in [1.82, 2.24) is 0 Å². The van der Waals surface area contributed by atoms with Gasteiger partial charge in [-0.1, -0.05) is 69.8 Å². The Morgan fingerprint density at radius 3 is 1.57 bits per heavy atom. The van der Waals surface area contributed by atoms with Gasteiger partial charge in [-0.25, -0.2) is 0 Å². The van der Waals surface area contributed by atoms with Crippen LogP contribution in [0.15, 0.2) is 24.3 Å². The molecule has 3 N–H and O–H groups in total. The Morgan fingerprint density at radius 2 is 1.13 bits per heavy atom. The zero-order valence-electron chi connectivity index (χ0n) is 20.1.